The van der Waals surface area contributed by atoms with Gasteiger partial charge in [0.25, 0.3) is 0 Å². The van der Waals surface area contributed by atoms with E-state index in [0.29, 0.717) is 11.3 Å². The minimum Gasteiger partial charge on any atom is -0.478 e. The third-order valence-electron chi connectivity index (χ3n) is 3.51. The Labute approximate surface area is 116 Å². The molecule has 1 unspecified atom stereocenters. The Kier molecular flexibility index (Phi) is 5.85. The number of nitrogens with zero attached hydrogens (tertiary/aromatic N) is 1. The summed E-state index contributed by atoms with van der Waals surface area (Å²) in [6.45, 7) is 10.8. The van der Waals surface area contributed by atoms with Crippen LogP contribution in [0, 0.1) is 22.7 Å². The molecule has 0 bridgehead atoms. The molecule has 0 heterocycles. The van der Waals surface area contributed by atoms with Gasteiger partial charge >= 0.3 is 0 Å². The Bertz CT molecular complexity index is 429. The van der Waals surface area contributed by atoms with E-state index < -0.39 is 0 Å². The van der Waals surface area contributed by atoms with Gasteiger partial charge in [0.2, 0.25) is 0 Å². The minimum atomic E-state index is 0.0927. The van der Waals surface area contributed by atoms with Crippen molar-refractivity contribution in [3.8, 4) is 11.8 Å². The molecule has 0 aromatic heterocycles. The first kappa shape index (κ1) is 15.5. The van der Waals surface area contributed by atoms with Crippen LogP contribution in [0.3, 0.4) is 0 Å². The molecule has 0 aliphatic heterocycles. The van der Waals surface area contributed by atoms with Gasteiger partial charge in [-0.2, -0.15) is 5.26 Å². The second-order valence-electron chi connectivity index (χ2n) is 5.95. The minimum absolute atomic E-state index is 0.0927. The van der Waals surface area contributed by atoms with E-state index in [-0.39, 0.29) is 6.61 Å². The molecule has 0 radical (unpaired) electrons. The molecule has 0 amide bonds. The van der Waals surface area contributed by atoms with Gasteiger partial charge in [0.1, 0.15) is 11.8 Å². The zero-order valence-electron chi connectivity index (χ0n) is 12.4. The Morgan fingerprint density at radius 1 is 1.32 bits per heavy atom. The number of nitrogens with one attached hydrogen (secondary N) is 1. The molecule has 3 heteroatoms. The van der Waals surface area contributed by atoms with Crippen molar-refractivity contribution in [1.29, 1.82) is 5.26 Å². The Morgan fingerprint density at radius 2 is 2.00 bits per heavy atom. The quantitative estimate of drug-likeness (QED) is 0.853. The summed E-state index contributed by atoms with van der Waals surface area (Å²) in [4.78, 5) is 0. The van der Waals surface area contributed by atoms with Crippen molar-refractivity contribution < 1.29 is 4.74 Å². The molecule has 1 N–H and O–H groups in total. The number of nitriles is 1. The number of rotatable bonds is 6. The third-order valence-corrected chi connectivity index (χ3v) is 3.51. The topological polar surface area (TPSA) is 45.0 Å². The first-order valence-electron chi connectivity index (χ1n) is 6.73. The van der Waals surface area contributed by atoms with Gasteiger partial charge in [-0.05, 0) is 23.9 Å². The van der Waals surface area contributed by atoms with E-state index in [9.17, 15) is 0 Å². The molecule has 19 heavy (non-hydrogen) atoms. The predicted octanol–water partition coefficient (Wildman–Crippen LogP) is 3.36. The van der Waals surface area contributed by atoms with Crippen LogP contribution >= 0.6 is 0 Å². The van der Waals surface area contributed by atoms with E-state index in [0.717, 1.165) is 24.4 Å². The fraction of sp³-hybridized carbons (Fsp3) is 0.562. The molecule has 1 rings (SSSR count). The van der Waals surface area contributed by atoms with Crippen LogP contribution in [0.2, 0.25) is 0 Å². The zero-order valence-corrected chi connectivity index (χ0v) is 12.4. The summed E-state index contributed by atoms with van der Waals surface area (Å²) >= 11 is 0. The van der Waals surface area contributed by atoms with Gasteiger partial charge in [-0.15, -0.1) is 0 Å². The van der Waals surface area contributed by atoms with Gasteiger partial charge in [-0.3, -0.25) is 0 Å². The Morgan fingerprint density at radius 3 is 2.63 bits per heavy atom. The van der Waals surface area contributed by atoms with E-state index in [4.69, 9.17) is 10.00 Å². The highest BCUT2D eigenvalue weighted by molar-refractivity contribution is 5.33. The van der Waals surface area contributed by atoms with Crippen molar-refractivity contribution in [2.45, 2.75) is 34.2 Å². The molecule has 0 aliphatic rings. The van der Waals surface area contributed by atoms with Gasteiger partial charge in [-0.1, -0.05) is 45.9 Å². The second-order valence-corrected chi connectivity index (χ2v) is 5.95. The Hall–Kier alpha value is -1.53. The molecule has 104 valence electrons. The van der Waals surface area contributed by atoms with Crippen molar-refractivity contribution in [3.63, 3.8) is 0 Å². The molecule has 0 spiro atoms. The number of para-hydroxylation sites is 1. The highest BCUT2D eigenvalue weighted by Gasteiger charge is 2.19. The SMILES string of the molecule is CC(CNCc1ccccc1OCC#N)C(C)(C)C. The summed E-state index contributed by atoms with van der Waals surface area (Å²) in [6.07, 6.45) is 0. The lowest BCUT2D eigenvalue weighted by molar-refractivity contribution is 0.252. The highest BCUT2D eigenvalue weighted by Crippen LogP contribution is 2.24. The number of hydrogen-bond acceptors (Lipinski definition) is 3. The maximum Gasteiger partial charge on any atom is 0.174 e. The fourth-order valence-electron chi connectivity index (χ4n) is 1.63. The van der Waals surface area contributed by atoms with Crippen LogP contribution in [0.5, 0.6) is 5.75 Å². The summed E-state index contributed by atoms with van der Waals surface area (Å²) < 4.78 is 5.41. The lowest BCUT2D eigenvalue weighted by atomic mass is 9.82. The van der Waals surface area contributed by atoms with E-state index in [2.05, 4.69) is 33.0 Å². The molecule has 1 atom stereocenters. The molecule has 0 fully saturated rings. The summed E-state index contributed by atoms with van der Waals surface area (Å²) in [7, 11) is 0. The van der Waals surface area contributed by atoms with E-state index >= 15 is 0 Å². The molecular weight excluding hydrogens is 236 g/mol. The van der Waals surface area contributed by atoms with Gasteiger partial charge < -0.3 is 10.1 Å². The van der Waals surface area contributed by atoms with Gasteiger partial charge in [0.15, 0.2) is 6.61 Å². The normalized spacial score (nSPS) is 12.8. The summed E-state index contributed by atoms with van der Waals surface area (Å²) in [6, 6.07) is 9.84. The van der Waals surface area contributed by atoms with Gasteiger partial charge in [0, 0.05) is 12.1 Å². The first-order valence-corrected chi connectivity index (χ1v) is 6.73. The van der Waals surface area contributed by atoms with Crippen LogP contribution in [0.15, 0.2) is 24.3 Å². The van der Waals surface area contributed by atoms with Crippen LogP contribution in [0.1, 0.15) is 33.3 Å². The largest absolute Gasteiger partial charge is 0.478 e. The van der Waals surface area contributed by atoms with Crippen LogP contribution in [0.25, 0.3) is 0 Å². The zero-order chi connectivity index (χ0) is 14.3. The van der Waals surface area contributed by atoms with Crippen molar-refractivity contribution in [1.82, 2.24) is 5.32 Å². The van der Waals surface area contributed by atoms with Crippen molar-refractivity contribution in [2.75, 3.05) is 13.2 Å². The molecule has 1 aromatic rings. The van der Waals surface area contributed by atoms with E-state index in [1.165, 1.54) is 0 Å². The van der Waals surface area contributed by atoms with E-state index in [1.54, 1.807) is 0 Å². The number of hydrogen-bond donors (Lipinski definition) is 1. The maximum atomic E-state index is 8.57. The average molecular weight is 260 g/mol. The van der Waals surface area contributed by atoms with Crippen LogP contribution < -0.4 is 10.1 Å². The molecule has 0 saturated carbocycles. The molecule has 1 aromatic carbocycles. The van der Waals surface area contributed by atoms with Crippen molar-refractivity contribution >= 4 is 0 Å². The smallest absolute Gasteiger partial charge is 0.174 e. The van der Waals surface area contributed by atoms with Crippen LogP contribution in [-0.4, -0.2) is 13.2 Å². The van der Waals surface area contributed by atoms with Crippen molar-refractivity contribution in [3.05, 3.63) is 29.8 Å². The van der Waals surface area contributed by atoms with Gasteiger partial charge in [-0.25, -0.2) is 0 Å². The maximum absolute atomic E-state index is 8.57. The molecule has 0 saturated heterocycles. The van der Waals surface area contributed by atoms with Crippen molar-refractivity contribution in [2.24, 2.45) is 11.3 Å². The summed E-state index contributed by atoms with van der Waals surface area (Å²) in [5, 5.41) is 12.0. The number of benzene rings is 1. The van der Waals surface area contributed by atoms with Crippen LogP contribution in [-0.2, 0) is 6.54 Å². The summed E-state index contributed by atoms with van der Waals surface area (Å²) in [5.74, 6) is 1.39. The first-order chi connectivity index (χ1) is 8.95. The molecule has 0 aliphatic carbocycles. The standard InChI is InChI=1S/C16H24N2O/c1-13(16(2,3)4)11-18-12-14-7-5-6-8-15(14)19-10-9-17/h5-8,13,18H,10-12H2,1-4H3. The number of ether oxygens (including phenoxy) is 1. The molecular formula is C16H24N2O. The monoisotopic (exact) mass is 260 g/mol. The molecule has 3 nitrogen and oxygen atoms in total. The van der Waals surface area contributed by atoms with E-state index in [1.807, 2.05) is 30.3 Å². The lowest BCUT2D eigenvalue weighted by Gasteiger charge is -2.27. The predicted molar refractivity (Wildman–Crippen MR) is 77.9 cm³/mol. The third kappa shape index (κ3) is 5.32. The van der Waals surface area contributed by atoms with Crippen LogP contribution in [0.4, 0.5) is 0 Å². The average Bonchev–Trinajstić information content (AvgIpc) is 2.36. The lowest BCUT2D eigenvalue weighted by Crippen LogP contribution is -2.29. The van der Waals surface area contributed by atoms with Gasteiger partial charge in [0.05, 0.1) is 0 Å². The summed E-state index contributed by atoms with van der Waals surface area (Å²) in [5.41, 5.74) is 1.41. The fourth-order valence-corrected chi connectivity index (χ4v) is 1.63. The Balaban J connectivity index is 2.51. The highest BCUT2D eigenvalue weighted by atomic mass is 16.5. The second kappa shape index (κ2) is 7.16.